The van der Waals surface area contributed by atoms with E-state index in [4.69, 9.17) is 9.84 Å². The Hall–Kier alpha value is -3.59. The van der Waals surface area contributed by atoms with Crippen molar-refractivity contribution < 1.29 is 29.0 Å². The first-order valence-electron chi connectivity index (χ1n) is 8.88. The number of aliphatic carboxylic acids is 1. The molecule has 2 aromatic rings. The van der Waals surface area contributed by atoms with Gasteiger partial charge in [0, 0.05) is 5.69 Å². The average Bonchev–Trinajstić information content (AvgIpc) is 2.96. The zero-order chi connectivity index (χ0) is 21.7. The van der Waals surface area contributed by atoms with Gasteiger partial charge in [0.2, 0.25) is 5.91 Å². The van der Waals surface area contributed by atoms with E-state index in [1.165, 1.54) is 6.08 Å². The van der Waals surface area contributed by atoms with Gasteiger partial charge < -0.3 is 15.2 Å². The molecule has 1 aliphatic rings. The number of anilines is 1. The third-order valence-electron chi connectivity index (χ3n) is 4.05. The van der Waals surface area contributed by atoms with Gasteiger partial charge in [-0.05, 0) is 54.6 Å². The summed E-state index contributed by atoms with van der Waals surface area (Å²) in [6.07, 6.45) is 1.53. The number of carbonyl (C=O) groups excluding carboxylic acids is 3. The van der Waals surface area contributed by atoms with Crippen LogP contribution in [0.5, 0.6) is 5.75 Å². The number of carboxylic acids is 1. The normalized spacial score (nSPS) is 14.8. The lowest BCUT2D eigenvalue weighted by molar-refractivity contribution is -0.139. The highest BCUT2D eigenvalue weighted by atomic mass is 32.2. The van der Waals surface area contributed by atoms with E-state index in [9.17, 15) is 19.2 Å². The number of carboxylic acid groups (broad SMARTS) is 1. The Morgan fingerprint density at radius 1 is 1.10 bits per heavy atom. The Bertz CT molecular complexity index is 1010. The van der Waals surface area contributed by atoms with Crippen LogP contribution in [-0.2, 0) is 14.4 Å². The molecule has 9 heteroatoms. The van der Waals surface area contributed by atoms with Gasteiger partial charge in [-0.2, -0.15) is 0 Å². The van der Waals surface area contributed by atoms with Gasteiger partial charge in [-0.15, -0.1) is 0 Å². The molecule has 3 amide bonds. The van der Waals surface area contributed by atoms with Crippen LogP contribution in [0.2, 0.25) is 0 Å². The fraction of sp³-hybridized carbons (Fsp3) is 0.143. The molecule has 154 valence electrons. The Morgan fingerprint density at radius 2 is 1.77 bits per heavy atom. The van der Waals surface area contributed by atoms with E-state index in [0.29, 0.717) is 17.0 Å². The molecule has 1 saturated heterocycles. The van der Waals surface area contributed by atoms with Gasteiger partial charge in [-0.3, -0.25) is 19.3 Å². The smallest absolute Gasteiger partial charge is 0.341 e. The summed E-state index contributed by atoms with van der Waals surface area (Å²) in [5.41, 5.74) is 2.26. The van der Waals surface area contributed by atoms with Crippen molar-refractivity contribution in [1.82, 2.24) is 4.90 Å². The van der Waals surface area contributed by atoms with Crippen LogP contribution in [0.15, 0.2) is 53.4 Å². The standard InChI is InChI=1S/C21H18N2O6S/c1-13-2-6-15(7-3-13)22-18(24)11-23-20(27)17(30-21(23)28)10-14-4-8-16(9-5-14)29-12-19(25)26/h2-10H,11-12H2,1H3,(H,22,24)(H,25,26). The molecule has 8 nitrogen and oxygen atoms in total. The molecule has 2 N–H and O–H groups in total. The van der Waals surface area contributed by atoms with Crippen LogP contribution in [0, 0.1) is 6.92 Å². The predicted molar refractivity (Wildman–Crippen MR) is 112 cm³/mol. The summed E-state index contributed by atoms with van der Waals surface area (Å²) in [6, 6.07) is 13.6. The van der Waals surface area contributed by atoms with E-state index in [2.05, 4.69) is 5.32 Å². The summed E-state index contributed by atoms with van der Waals surface area (Å²) in [4.78, 5) is 48.6. The number of amides is 3. The first-order valence-corrected chi connectivity index (χ1v) is 9.70. The van der Waals surface area contributed by atoms with Gasteiger partial charge >= 0.3 is 5.97 Å². The molecule has 0 radical (unpaired) electrons. The van der Waals surface area contributed by atoms with Gasteiger partial charge in [0.15, 0.2) is 6.61 Å². The maximum Gasteiger partial charge on any atom is 0.341 e. The van der Waals surface area contributed by atoms with E-state index in [-0.39, 0.29) is 11.4 Å². The molecule has 0 aliphatic carbocycles. The summed E-state index contributed by atoms with van der Waals surface area (Å²) in [5.74, 6) is -1.73. The van der Waals surface area contributed by atoms with Crippen molar-refractivity contribution in [2.45, 2.75) is 6.92 Å². The van der Waals surface area contributed by atoms with Crippen LogP contribution in [0.4, 0.5) is 10.5 Å². The predicted octanol–water partition coefficient (Wildman–Crippen LogP) is 3.13. The van der Waals surface area contributed by atoms with Crippen molar-refractivity contribution in [2.24, 2.45) is 0 Å². The van der Waals surface area contributed by atoms with Crippen LogP contribution in [0.1, 0.15) is 11.1 Å². The number of nitrogens with zero attached hydrogens (tertiary/aromatic N) is 1. The van der Waals surface area contributed by atoms with Crippen LogP contribution in [0.3, 0.4) is 0 Å². The summed E-state index contributed by atoms with van der Waals surface area (Å²) in [6.45, 7) is 1.09. The first kappa shape index (κ1) is 21.1. The van der Waals surface area contributed by atoms with Crippen LogP contribution in [-0.4, -0.2) is 46.2 Å². The summed E-state index contributed by atoms with van der Waals surface area (Å²) in [5, 5.41) is 10.8. The number of nitrogens with one attached hydrogen (secondary N) is 1. The van der Waals surface area contributed by atoms with Gasteiger partial charge in [-0.25, -0.2) is 4.79 Å². The van der Waals surface area contributed by atoms with Crippen LogP contribution in [0.25, 0.3) is 6.08 Å². The van der Waals surface area contributed by atoms with Gasteiger partial charge in [0.25, 0.3) is 11.1 Å². The third kappa shape index (κ3) is 5.48. The second-order valence-electron chi connectivity index (χ2n) is 6.43. The lowest BCUT2D eigenvalue weighted by Gasteiger charge is -2.12. The second kappa shape index (κ2) is 9.27. The van der Waals surface area contributed by atoms with E-state index in [1.54, 1.807) is 36.4 Å². The second-order valence-corrected chi connectivity index (χ2v) is 7.43. The average molecular weight is 426 g/mol. The summed E-state index contributed by atoms with van der Waals surface area (Å²) >= 11 is 0.755. The molecule has 0 atom stereocenters. The van der Waals surface area contributed by atoms with Crippen molar-refractivity contribution in [3.8, 4) is 5.75 Å². The highest BCUT2D eigenvalue weighted by Gasteiger charge is 2.36. The topological polar surface area (TPSA) is 113 Å². The zero-order valence-electron chi connectivity index (χ0n) is 16.0. The number of hydrogen-bond donors (Lipinski definition) is 2. The highest BCUT2D eigenvalue weighted by Crippen LogP contribution is 2.32. The SMILES string of the molecule is Cc1ccc(NC(=O)CN2C(=O)SC(=Cc3ccc(OCC(=O)O)cc3)C2=O)cc1. The molecular weight excluding hydrogens is 408 g/mol. The number of thioether (sulfide) groups is 1. The van der Waals surface area contributed by atoms with Gasteiger partial charge in [0.1, 0.15) is 12.3 Å². The Morgan fingerprint density at radius 3 is 2.40 bits per heavy atom. The largest absolute Gasteiger partial charge is 0.482 e. The summed E-state index contributed by atoms with van der Waals surface area (Å²) < 4.78 is 5.05. The molecule has 30 heavy (non-hydrogen) atoms. The lowest BCUT2D eigenvalue weighted by atomic mass is 10.2. The van der Waals surface area contributed by atoms with Crippen molar-refractivity contribution in [3.05, 3.63) is 64.6 Å². The quantitative estimate of drug-likeness (QED) is 0.654. The van der Waals surface area contributed by atoms with Gasteiger partial charge in [-0.1, -0.05) is 29.8 Å². The van der Waals surface area contributed by atoms with Crippen molar-refractivity contribution in [1.29, 1.82) is 0 Å². The minimum Gasteiger partial charge on any atom is -0.482 e. The van der Waals surface area contributed by atoms with Crippen molar-refractivity contribution in [3.63, 3.8) is 0 Å². The maximum absolute atomic E-state index is 12.5. The fourth-order valence-corrected chi connectivity index (χ4v) is 3.41. The van der Waals surface area contributed by atoms with E-state index >= 15 is 0 Å². The number of ether oxygens (including phenoxy) is 1. The molecule has 0 unspecified atom stereocenters. The Labute approximate surface area is 176 Å². The Kier molecular flexibility index (Phi) is 6.53. The highest BCUT2D eigenvalue weighted by molar-refractivity contribution is 8.18. The molecule has 0 aromatic heterocycles. The van der Waals surface area contributed by atoms with E-state index in [0.717, 1.165) is 22.2 Å². The molecule has 2 aromatic carbocycles. The minimum atomic E-state index is -1.08. The minimum absolute atomic E-state index is 0.197. The van der Waals surface area contributed by atoms with Crippen molar-refractivity contribution >= 4 is 46.5 Å². The number of rotatable bonds is 7. The Balaban J connectivity index is 1.62. The van der Waals surface area contributed by atoms with Crippen LogP contribution < -0.4 is 10.1 Å². The molecule has 3 rings (SSSR count). The molecule has 1 aliphatic heterocycles. The van der Waals surface area contributed by atoms with Gasteiger partial charge in [0.05, 0.1) is 4.91 Å². The van der Waals surface area contributed by atoms with E-state index < -0.39 is 29.6 Å². The molecule has 0 saturated carbocycles. The number of carbonyl (C=O) groups is 4. The van der Waals surface area contributed by atoms with Crippen LogP contribution >= 0.6 is 11.8 Å². The fourth-order valence-electron chi connectivity index (χ4n) is 2.57. The number of imide groups is 1. The first-order chi connectivity index (χ1) is 14.3. The molecule has 1 fully saturated rings. The lowest BCUT2D eigenvalue weighted by Crippen LogP contribution is -2.36. The summed E-state index contributed by atoms with van der Waals surface area (Å²) in [7, 11) is 0. The van der Waals surface area contributed by atoms with Crippen molar-refractivity contribution in [2.75, 3.05) is 18.5 Å². The third-order valence-corrected chi connectivity index (χ3v) is 4.96. The molecule has 0 bridgehead atoms. The number of hydrogen-bond acceptors (Lipinski definition) is 6. The zero-order valence-corrected chi connectivity index (χ0v) is 16.8. The maximum atomic E-state index is 12.5. The van der Waals surface area contributed by atoms with E-state index in [1.807, 2.05) is 19.1 Å². The monoisotopic (exact) mass is 426 g/mol. The molecular formula is C21H18N2O6S. The number of aryl methyl sites for hydroxylation is 1. The molecule has 0 spiro atoms. The number of benzene rings is 2. The molecule has 1 heterocycles.